The number of hydrogen-bond donors (Lipinski definition) is 2. The molecule has 1 atom stereocenters. The second-order valence-electron chi connectivity index (χ2n) is 4.60. The normalized spacial score (nSPS) is 12.8. The summed E-state index contributed by atoms with van der Waals surface area (Å²) in [6.07, 6.45) is 1.55. The lowest BCUT2D eigenvalue weighted by atomic mass is 10.0. The van der Waals surface area contributed by atoms with Crippen molar-refractivity contribution < 1.29 is 18.8 Å². The first kappa shape index (κ1) is 13.4. The third-order valence-electron chi connectivity index (χ3n) is 2.76. The van der Waals surface area contributed by atoms with Crippen molar-refractivity contribution in [2.75, 3.05) is 0 Å². The fraction of sp³-hybridized carbons (Fsp3) is 0.385. The highest BCUT2D eigenvalue weighted by Gasteiger charge is 2.21. The molecule has 0 amide bonds. The highest BCUT2D eigenvalue weighted by atomic mass is 16.5. The lowest BCUT2D eigenvalue weighted by molar-refractivity contribution is -0.140. The van der Waals surface area contributed by atoms with Gasteiger partial charge in [0.05, 0.1) is 12.0 Å². The van der Waals surface area contributed by atoms with Crippen LogP contribution in [0.4, 0.5) is 0 Å². The summed E-state index contributed by atoms with van der Waals surface area (Å²) in [6, 6.07) is 4.65. The van der Waals surface area contributed by atoms with Crippen molar-refractivity contribution in [3.63, 3.8) is 0 Å². The van der Waals surface area contributed by atoms with Crippen LogP contribution >= 0.6 is 0 Å². The molecule has 6 nitrogen and oxygen atoms in total. The molecule has 0 aliphatic rings. The van der Waals surface area contributed by atoms with Crippen molar-refractivity contribution >= 4 is 5.97 Å². The fourth-order valence-electron chi connectivity index (χ4n) is 1.75. The maximum absolute atomic E-state index is 11.0. The zero-order chi connectivity index (χ0) is 13.8. The number of nitrogens with one attached hydrogen (secondary N) is 1. The second kappa shape index (κ2) is 5.71. The predicted molar refractivity (Wildman–Crippen MR) is 67.3 cm³/mol. The van der Waals surface area contributed by atoms with Crippen LogP contribution in [-0.4, -0.2) is 22.3 Å². The van der Waals surface area contributed by atoms with Gasteiger partial charge in [0.1, 0.15) is 6.04 Å². The molecule has 2 aromatic rings. The molecule has 1 unspecified atom stereocenters. The summed E-state index contributed by atoms with van der Waals surface area (Å²) < 4.78 is 10.3. The first-order valence-electron chi connectivity index (χ1n) is 6.03. The lowest BCUT2D eigenvalue weighted by Crippen LogP contribution is -2.40. The van der Waals surface area contributed by atoms with Gasteiger partial charge in [-0.15, -0.1) is 0 Å². The van der Waals surface area contributed by atoms with Crippen molar-refractivity contribution in [3.8, 4) is 11.5 Å². The van der Waals surface area contributed by atoms with Gasteiger partial charge >= 0.3 is 5.97 Å². The molecule has 0 bridgehead atoms. The quantitative estimate of drug-likeness (QED) is 0.831. The third kappa shape index (κ3) is 3.23. The van der Waals surface area contributed by atoms with E-state index in [1.807, 2.05) is 13.8 Å². The number of furan rings is 1. The van der Waals surface area contributed by atoms with E-state index < -0.39 is 12.0 Å². The van der Waals surface area contributed by atoms with Crippen LogP contribution in [0.2, 0.25) is 0 Å². The molecule has 0 spiro atoms. The summed E-state index contributed by atoms with van der Waals surface area (Å²) in [5.74, 6) is 0.245. The highest BCUT2D eigenvalue weighted by molar-refractivity contribution is 5.73. The van der Waals surface area contributed by atoms with Crippen molar-refractivity contribution in [2.45, 2.75) is 26.4 Å². The Morgan fingerprint density at radius 3 is 2.84 bits per heavy atom. The van der Waals surface area contributed by atoms with E-state index in [9.17, 15) is 4.79 Å². The number of carboxylic acid groups (broad SMARTS) is 1. The molecule has 0 radical (unpaired) electrons. The Hall–Kier alpha value is -2.08. The van der Waals surface area contributed by atoms with Crippen LogP contribution in [0.5, 0.6) is 0 Å². The van der Waals surface area contributed by atoms with Crippen molar-refractivity contribution in [1.29, 1.82) is 0 Å². The van der Waals surface area contributed by atoms with E-state index in [1.165, 1.54) is 0 Å². The predicted octanol–water partition coefficient (Wildman–Crippen LogP) is 2.13. The lowest BCUT2D eigenvalue weighted by Gasteiger charge is -2.16. The van der Waals surface area contributed by atoms with Gasteiger partial charge in [0.25, 0.3) is 0 Å². The number of nitrogens with zero attached hydrogens (tertiary/aromatic N) is 1. The topological polar surface area (TPSA) is 88.5 Å². The molecule has 102 valence electrons. The molecule has 6 heteroatoms. The maximum Gasteiger partial charge on any atom is 0.320 e. The Morgan fingerprint density at radius 1 is 1.47 bits per heavy atom. The van der Waals surface area contributed by atoms with Gasteiger partial charge in [-0.1, -0.05) is 19.0 Å². The Bertz CT molecular complexity index is 531. The van der Waals surface area contributed by atoms with Crippen molar-refractivity contribution in [3.05, 3.63) is 30.2 Å². The average Bonchev–Trinajstić information content (AvgIpc) is 2.98. The molecule has 0 fully saturated rings. The molecule has 0 aliphatic heterocycles. The minimum atomic E-state index is -0.871. The Labute approximate surface area is 110 Å². The summed E-state index contributed by atoms with van der Waals surface area (Å²) in [7, 11) is 0. The summed E-state index contributed by atoms with van der Waals surface area (Å²) in [5, 5.41) is 15.9. The molecule has 2 aromatic heterocycles. The van der Waals surface area contributed by atoms with Crippen LogP contribution in [0.15, 0.2) is 33.4 Å². The molecule has 0 saturated carbocycles. The van der Waals surface area contributed by atoms with Gasteiger partial charge in [-0.05, 0) is 18.1 Å². The molecule has 2 heterocycles. The minimum absolute atomic E-state index is 0.00561. The smallest absolute Gasteiger partial charge is 0.320 e. The Morgan fingerprint density at radius 2 is 2.26 bits per heavy atom. The number of hydrogen-bond acceptors (Lipinski definition) is 5. The number of aromatic nitrogens is 1. The van der Waals surface area contributed by atoms with Crippen LogP contribution in [0.3, 0.4) is 0 Å². The van der Waals surface area contributed by atoms with E-state index in [2.05, 4.69) is 10.5 Å². The summed E-state index contributed by atoms with van der Waals surface area (Å²) >= 11 is 0. The molecule has 19 heavy (non-hydrogen) atoms. The molecule has 0 aromatic carbocycles. The van der Waals surface area contributed by atoms with Crippen molar-refractivity contribution in [2.24, 2.45) is 5.92 Å². The molecule has 2 rings (SSSR count). The van der Waals surface area contributed by atoms with Gasteiger partial charge in [0.15, 0.2) is 5.76 Å². The van der Waals surface area contributed by atoms with Crippen LogP contribution < -0.4 is 5.32 Å². The number of carbonyl (C=O) groups is 1. The summed E-state index contributed by atoms with van der Waals surface area (Å²) in [6.45, 7) is 4.03. The minimum Gasteiger partial charge on any atom is -0.480 e. The van der Waals surface area contributed by atoms with Gasteiger partial charge < -0.3 is 14.0 Å². The number of carboxylic acids is 1. The van der Waals surface area contributed by atoms with Crippen LogP contribution in [0, 0.1) is 5.92 Å². The van der Waals surface area contributed by atoms with Gasteiger partial charge in [0, 0.05) is 12.6 Å². The summed E-state index contributed by atoms with van der Waals surface area (Å²) in [5.41, 5.74) is 0.637. The molecule has 0 saturated heterocycles. The van der Waals surface area contributed by atoms with E-state index in [4.69, 9.17) is 14.0 Å². The van der Waals surface area contributed by atoms with E-state index in [1.54, 1.807) is 24.5 Å². The zero-order valence-electron chi connectivity index (χ0n) is 10.8. The number of rotatable bonds is 6. The van der Waals surface area contributed by atoms with E-state index in [0.29, 0.717) is 23.8 Å². The van der Waals surface area contributed by atoms with E-state index >= 15 is 0 Å². The second-order valence-corrected chi connectivity index (χ2v) is 4.60. The third-order valence-corrected chi connectivity index (χ3v) is 2.76. The largest absolute Gasteiger partial charge is 0.480 e. The SMILES string of the molecule is CC(C)C(NCc1cc(-c2ccco2)on1)C(=O)O. The highest BCUT2D eigenvalue weighted by Crippen LogP contribution is 2.20. The Balaban J connectivity index is 1.99. The Kier molecular flexibility index (Phi) is 4.01. The molecular weight excluding hydrogens is 248 g/mol. The maximum atomic E-state index is 11.0. The molecular formula is C13H16N2O4. The van der Waals surface area contributed by atoms with Gasteiger partial charge in [-0.2, -0.15) is 0 Å². The average molecular weight is 264 g/mol. The van der Waals surface area contributed by atoms with Gasteiger partial charge in [0.2, 0.25) is 5.76 Å². The van der Waals surface area contributed by atoms with Crippen LogP contribution in [-0.2, 0) is 11.3 Å². The van der Waals surface area contributed by atoms with E-state index in [0.717, 1.165) is 0 Å². The van der Waals surface area contributed by atoms with Crippen LogP contribution in [0.1, 0.15) is 19.5 Å². The number of aliphatic carboxylic acids is 1. The standard InChI is InChI=1S/C13H16N2O4/c1-8(2)12(13(16)17)14-7-9-6-11(19-15-9)10-4-3-5-18-10/h3-6,8,12,14H,7H2,1-2H3,(H,16,17). The zero-order valence-corrected chi connectivity index (χ0v) is 10.8. The van der Waals surface area contributed by atoms with Crippen molar-refractivity contribution in [1.82, 2.24) is 10.5 Å². The monoisotopic (exact) mass is 264 g/mol. The van der Waals surface area contributed by atoms with Gasteiger partial charge in [-0.3, -0.25) is 10.1 Å². The molecule has 2 N–H and O–H groups in total. The van der Waals surface area contributed by atoms with Gasteiger partial charge in [-0.25, -0.2) is 0 Å². The molecule has 0 aliphatic carbocycles. The first-order chi connectivity index (χ1) is 9.08. The first-order valence-corrected chi connectivity index (χ1v) is 6.03. The van der Waals surface area contributed by atoms with Crippen LogP contribution in [0.25, 0.3) is 11.5 Å². The van der Waals surface area contributed by atoms with E-state index in [-0.39, 0.29) is 5.92 Å². The summed E-state index contributed by atoms with van der Waals surface area (Å²) in [4.78, 5) is 11.0. The fourth-order valence-corrected chi connectivity index (χ4v) is 1.75.